The molecule has 0 aliphatic heterocycles. The van der Waals surface area contributed by atoms with E-state index in [0.29, 0.717) is 17.2 Å². The van der Waals surface area contributed by atoms with Gasteiger partial charge in [-0.1, -0.05) is 0 Å². The molecule has 6 nitrogen and oxygen atoms in total. The van der Waals surface area contributed by atoms with Gasteiger partial charge in [0.25, 0.3) is 5.91 Å². The van der Waals surface area contributed by atoms with Crippen molar-refractivity contribution in [1.29, 1.82) is 0 Å². The van der Waals surface area contributed by atoms with E-state index in [1.807, 2.05) is 20.8 Å². The summed E-state index contributed by atoms with van der Waals surface area (Å²) < 4.78 is 0. The van der Waals surface area contributed by atoms with Crippen LogP contribution in [-0.2, 0) is 11.3 Å². The molecule has 100 valence electrons. The van der Waals surface area contributed by atoms with Crippen molar-refractivity contribution in [2.24, 2.45) is 5.73 Å². The number of thiazole rings is 1. The van der Waals surface area contributed by atoms with Gasteiger partial charge in [-0.3, -0.25) is 9.59 Å². The van der Waals surface area contributed by atoms with Gasteiger partial charge in [-0.25, -0.2) is 4.98 Å². The molecule has 1 aromatic rings. The molecule has 0 saturated heterocycles. The summed E-state index contributed by atoms with van der Waals surface area (Å²) in [5.41, 5.74) is 5.39. The topological polar surface area (TPSA) is 97.1 Å². The number of rotatable bonds is 4. The first-order valence-corrected chi connectivity index (χ1v) is 6.43. The van der Waals surface area contributed by atoms with Gasteiger partial charge in [0.15, 0.2) is 0 Å². The van der Waals surface area contributed by atoms with Crippen LogP contribution in [0, 0.1) is 0 Å². The van der Waals surface area contributed by atoms with Crippen molar-refractivity contribution in [2.75, 3.05) is 6.54 Å². The summed E-state index contributed by atoms with van der Waals surface area (Å²) in [7, 11) is 0. The summed E-state index contributed by atoms with van der Waals surface area (Å²) in [5.74, 6) is -0.597. The van der Waals surface area contributed by atoms with E-state index in [2.05, 4.69) is 15.6 Å². The average Bonchev–Trinajstić information content (AvgIpc) is 2.72. The Kier molecular flexibility index (Phi) is 4.80. The second kappa shape index (κ2) is 5.92. The lowest BCUT2D eigenvalue weighted by Gasteiger charge is -2.20. The van der Waals surface area contributed by atoms with E-state index in [0.717, 1.165) is 0 Å². The summed E-state index contributed by atoms with van der Waals surface area (Å²) in [6, 6.07) is 0. The fourth-order valence-electron chi connectivity index (χ4n) is 1.22. The SMILES string of the molecule is CC(C)(C)NC(=O)CNC(=O)c1csc(CN)n1. The highest BCUT2D eigenvalue weighted by molar-refractivity contribution is 7.09. The number of nitrogens with one attached hydrogen (secondary N) is 2. The Hall–Kier alpha value is -1.47. The number of carbonyl (C=O) groups is 2. The van der Waals surface area contributed by atoms with Crippen molar-refractivity contribution in [3.8, 4) is 0 Å². The van der Waals surface area contributed by atoms with Crippen LogP contribution in [0.1, 0.15) is 36.3 Å². The fraction of sp³-hybridized carbons (Fsp3) is 0.545. The second-order valence-corrected chi connectivity index (χ2v) is 5.75. The average molecular weight is 270 g/mol. The smallest absolute Gasteiger partial charge is 0.271 e. The second-order valence-electron chi connectivity index (χ2n) is 4.81. The molecule has 18 heavy (non-hydrogen) atoms. The highest BCUT2D eigenvalue weighted by Gasteiger charge is 2.15. The zero-order valence-electron chi connectivity index (χ0n) is 10.7. The van der Waals surface area contributed by atoms with Gasteiger partial charge in [0, 0.05) is 17.5 Å². The monoisotopic (exact) mass is 270 g/mol. The van der Waals surface area contributed by atoms with Crippen molar-refractivity contribution in [3.05, 3.63) is 16.1 Å². The molecule has 0 radical (unpaired) electrons. The summed E-state index contributed by atoms with van der Waals surface area (Å²) in [4.78, 5) is 27.2. The predicted octanol–water partition coefficient (Wildman–Crippen LogP) is 0.246. The Labute approximate surface area is 110 Å². The van der Waals surface area contributed by atoms with E-state index in [1.54, 1.807) is 5.38 Å². The van der Waals surface area contributed by atoms with Gasteiger partial charge in [-0.05, 0) is 20.8 Å². The molecule has 0 aromatic carbocycles. The lowest BCUT2D eigenvalue weighted by molar-refractivity contribution is -0.121. The zero-order chi connectivity index (χ0) is 13.8. The van der Waals surface area contributed by atoms with Gasteiger partial charge in [0.2, 0.25) is 5.91 Å². The first-order valence-electron chi connectivity index (χ1n) is 5.55. The molecule has 0 fully saturated rings. The standard InChI is InChI=1S/C11H18N4O2S/c1-11(2,3)15-8(16)5-13-10(17)7-6-18-9(4-12)14-7/h6H,4-5,12H2,1-3H3,(H,13,17)(H,15,16). The van der Waals surface area contributed by atoms with Crippen LogP contribution in [-0.4, -0.2) is 28.9 Å². The lowest BCUT2D eigenvalue weighted by atomic mass is 10.1. The van der Waals surface area contributed by atoms with E-state index in [4.69, 9.17) is 5.73 Å². The van der Waals surface area contributed by atoms with Crippen molar-refractivity contribution in [3.63, 3.8) is 0 Å². The maximum atomic E-state index is 11.7. The number of nitrogens with zero attached hydrogens (tertiary/aromatic N) is 1. The van der Waals surface area contributed by atoms with Crippen LogP contribution < -0.4 is 16.4 Å². The van der Waals surface area contributed by atoms with E-state index in [1.165, 1.54) is 11.3 Å². The Morgan fingerprint density at radius 2 is 2.11 bits per heavy atom. The number of amides is 2. The molecule has 0 saturated carbocycles. The number of nitrogens with two attached hydrogens (primary N) is 1. The molecule has 0 spiro atoms. The van der Waals surface area contributed by atoms with E-state index < -0.39 is 0 Å². The number of hydrogen-bond donors (Lipinski definition) is 3. The number of hydrogen-bond acceptors (Lipinski definition) is 5. The van der Waals surface area contributed by atoms with Gasteiger partial charge < -0.3 is 16.4 Å². The molecule has 0 aliphatic rings. The summed E-state index contributed by atoms with van der Waals surface area (Å²) in [5, 5.41) is 7.58. The van der Waals surface area contributed by atoms with Crippen molar-refractivity contribution in [2.45, 2.75) is 32.9 Å². The minimum absolute atomic E-state index is 0.0639. The maximum absolute atomic E-state index is 11.7. The highest BCUT2D eigenvalue weighted by Crippen LogP contribution is 2.08. The van der Waals surface area contributed by atoms with Crippen molar-refractivity contribution < 1.29 is 9.59 Å². The lowest BCUT2D eigenvalue weighted by Crippen LogP contribution is -2.45. The minimum Gasteiger partial charge on any atom is -0.350 e. The summed E-state index contributed by atoms with van der Waals surface area (Å²) in [6.07, 6.45) is 0. The van der Waals surface area contributed by atoms with Crippen molar-refractivity contribution >= 4 is 23.2 Å². The third kappa shape index (κ3) is 4.80. The van der Waals surface area contributed by atoms with E-state index >= 15 is 0 Å². The van der Waals surface area contributed by atoms with Gasteiger partial charge in [-0.2, -0.15) is 0 Å². The largest absolute Gasteiger partial charge is 0.350 e. The number of aromatic nitrogens is 1. The van der Waals surface area contributed by atoms with E-state index in [-0.39, 0.29) is 23.9 Å². The van der Waals surface area contributed by atoms with Gasteiger partial charge in [0.1, 0.15) is 10.7 Å². The summed E-state index contributed by atoms with van der Waals surface area (Å²) in [6.45, 7) is 5.87. The molecular formula is C11H18N4O2S. The molecule has 0 aliphatic carbocycles. The van der Waals surface area contributed by atoms with Gasteiger partial charge in [0.05, 0.1) is 6.54 Å². The Morgan fingerprint density at radius 3 is 2.61 bits per heavy atom. The van der Waals surface area contributed by atoms with Crippen LogP contribution in [0.3, 0.4) is 0 Å². The molecule has 7 heteroatoms. The van der Waals surface area contributed by atoms with Gasteiger partial charge >= 0.3 is 0 Å². The first kappa shape index (κ1) is 14.6. The molecule has 1 rings (SSSR count). The Bertz CT molecular complexity index is 436. The maximum Gasteiger partial charge on any atom is 0.271 e. The van der Waals surface area contributed by atoms with Gasteiger partial charge in [-0.15, -0.1) is 11.3 Å². The van der Waals surface area contributed by atoms with Crippen LogP contribution >= 0.6 is 11.3 Å². The molecular weight excluding hydrogens is 252 g/mol. The normalized spacial score (nSPS) is 11.1. The molecule has 1 aromatic heterocycles. The Balaban J connectivity index is 2.44. The summed E-state index contributed by atoms with van der Waals surface area (Å²) >= 11 is 1.32. The Morgan fingerprint density at radius 1 is 1.44 bits per heavy atom. The number of carbonyl (C=O) groups excluding carboxylic acids is 2. The molecule has 1 heterocycles. The molecule has 2 amide bonds. The molecule has 0 unspecified atom stereocenters. The first-order chi connectivity index (χ1) is 8.31. The molecule has 4 N–H and O–H groups in total. The zero-order valence-corrected chi connectivity index (χ0v) is 11.6. The van der Waals surface area contributed by atoms with Crippen molar-refractivity contribution in [1.82, 2.24) is 15.6 Å². The van der Waals surface area contributed by atoms with Crippen LogP contribution in [0.15, 0.2) is 5.38 Å². The highest BCUT2D eigenvalue weighted by atomic mass is 32.1. The van der Waals surface area contributed by atoms with Crippen LogP contribution in [0.2, 0.25) is 0 Å². The van der Waals surface area contributed by atoms with Crippen LogP contribution in [0.25, 0.3) is 0 Å². The molecule has 0 atom stereocenters. The quantitative estimate of drug-likeness (QED) is 0.730. The van der Waals surface area contributed by atoms with E-state index in [9.17, 15) is 9.59 Å². The minimum atomic E-state index is -0.366. The van der Waals surface area contributed by atoms with Crippen LogP contribution in [0.5, 0.6) is 0 Å². The molecule has 0 bridgehead atoms. The predicted molar refractivity (Wildman–Crippen MR) is 70.2 cm³/mol. The third-order valence-electron chi connectivity index (χ3n) is 1.88. The third-order valence-corrected chi connectivity index (χ3v) is 2.75. The van der Waals surface area contributed by atoms with Crippen LogP contribution in [0.4, 0.5) is 0 Å². The fourth-order valence-corrected chi connectivity index (χ4v) is 1.88.